The summed E-state index contributed by atoms with van der Waals surface area (Å²) in [5, 5.41) is 16.0. The molecule has 0 bridgehead atoms. The lowest BCUT2D eigenvalue weighted by atomic mass is 9.93. The van der Waals surface area contributed by atoms with Gasteiger partial charge in [0.25, 0.3) is 0 Å². The van der Waals surface area contributed by atoms with E-state index < -0.39 is 0 Å². The van der Waals surface area contributed by atoms with Gasteiger partial charge in [-0.15, -0.1) is 11.3 Å². The third-order valence-electron chi connectivity index (χ3n) is 2.94. The first kappa shape index (κ1) is 10.9. The second kappa shape index (κ2) is 4.94. The van der Waals surface area contributed by atoms with Crippen LogP contribution >= 0.6 is 11.3 Å². The summed E-state index contributed by atoms with van der Waals surface area (Å²) in [6, 6.07) is 0.504. The van der Waals surface area contributed by atoms with Crippen LogP contribution in [0.25, 0.3) is 0 Å². The van der Waals surface area contributed by atoms with Gasteiger partial charge in [-0.25, -0.2) is 4.98 Å². The van der Waals surface area contributed by atoms with Crippen molar-refractivity contribution in [2.75, 3.05) is 5.32 Å². The summed E-state index contributed by atoms with van der Waals surface area (Å²) in [5.41, 5.74) is 1.17. The molecule has 0 unspecified atom stereocenters. The van der Waals surface area contributed by atoms with Crippen LogP contribution in [-0.4, -0.2) is 22.2 Å². The van der Waals surface area contributed by atoms with E-state index in [1.807, 2.05) is 0 Å². The molecule has 3 nitrogen and oxygen atoms in total. The lowest BCUT2D eigenvalue weighted by Crippen LogP contribution is -2.28. The van der Waals surface area contributed by atoms with Crippen LogP contribution in [0.15, 0.2) is 5.38 Å². The number of rotatable bonds is 3. The van der Waals surface area contributed by atoms with Gasteiger partial charge in [-0.1, -0.05) is 6.92 Å². The normalized spacial score (nSPS) is 26.5. The van der Waals surface area contributed by atoms with Crippen LogP contribution in [-0.2, 0) is 6.42 Å². The van der Waals surface area contributed by atoms with Crippen LogP contribution in [0.5, 0.6) is 0 Å². The van der Waals surface area contributed by atoms with E-state index in [1.165, 1.54) is 5.69 Å². The Labute approximate surface area is 94.5 Å². The summed E-state index contributed by atoms with van der Waals surface area (Å²) in [6.45, 7) is 2.12. The van der Waals surface area contributed by atoms with Gasteiger partial charge in [0.2, 0.25) is 0 Å². The summed E-state index contributed by atoms with van der Waals surface area (Å²) in [7, 11) is 0. The summed E-state index contributed by atoms with van der Waals surface area (Å²) < 4.78 is 0. The Balaban J connectivity index is 1.86. The number of hydrogen-bond donors (Lipinski definition) is 2. The number of nitrogens with one attached hydrogen (secondary N) is 1. The van der Waals surface area contributed by atoms with E-state index in [4.69, 9.17) is 0 Å². The molecule has 0 aromatic carbocycles. The number of aliphatic hydroxyl groups is 1. The molecule has 2 rings (SSSR count). The van der Waals surface area contributed by atoms with Gasteiger partial charge in [-0.3, -0.25) is 0 Å². The highest BCUT2D eigenvalue weighted by Gasteiger charge is 2.19. The van der Waals surface area contributed by atoms with Crippen molar-refractivity contribution in [1.29, 1.82) is 0 Å². The predicted molar refractivity (Wildman–Crippen MR) is 63.4 cm³/mol. The molecule has 0 aliphatic heterocycles. The van der Waals surface area contributed by atoms with Crippen LogP contribution in [0.3, 0.4) is 0 Å². The van der Waals surface area contributed by atoms with Gasteiger partial charge in [0.1, 0.15) is 0 Å². The van der Waals surface area contributed by atoms with Crippen molar-refractivity contribution in [3.05, 3.63) is 11.1 Å². The fourth-order valence-electron chi connectivity index (χ4n) is 1.93. The van der Waals surface area contributed by atoms with E-state index in [0.717, 1.165) is 37.2 Å². The molecule has 1 aliphatic carbocycles. The van der Waals surface area contributed by atoms with E-state index in [0.29, 0.717) is 6.04 Å². The zero-order chi connectivity index (χ0) is 10.7. The van der Waals surface area contributed by atoms with Gasteiger partial charge in [-0.05, 0) is 32.1 Å². The molecule has 0 radical (unpaired) electrons. The Morgan fingerprint density at radius 3 is 2.80 bits per heavy atom. The molecule has 2 N–H and O–H groups in total. The minimum Gasteiger partial charge on any atom is -0.393 e. The largest absolute Gasteiger partial charge is 0.393 e. The lowest BCUT2D eigenvalue weighted by molar-refractivity contribution is 0.126. The van der Waals surface area contributed by atoms with Crippen LogP contribution in [0.2, 0.25) is 0 Å². The average molecular weight is 226 g/mol. The first-order chi connectivity index (χ1) is 7.28. The molecular formula is C11H18N2OS. The van der Waals surface area contributed by atoms with Crippen LogP contribution in [0, 0.1) is 0 Å². The third-order valence-corrected chi connectivity index (χ3v) is 3.76. The van der Waals surface area contributed by atoms with Crippen molar-refractivity contribution in [3.8, 4) is 0 Å². The molecule has 0 saturated heterocycles. The van der Waals surface area contributed by atoms with E-state index in [2.05, 4.69) is 22.6 Å². The number of anilines is 1. The van der Waals surface area contributed by atoms with Gasteiger partial charge in [0.05, 0.1) is 11.8 Å². The monoisotopic (exact) mass is 226 g/mol. The van der Waals surface area contributed by atoms with Crippen LogP contribution < -0.4 is 5.32 Å². The molecular weight excluding hydrogens is 208 g/mol. The fourth-order valence-corrected chi connectivity index (χ4v) is 2.80. The van der Waals surface area contributed by atoms with Crippen LogP contribution in [0.1, 0.15) is 38.3 Å². The molecule has 1 aliphatic rings. The van der Waals surface area contributed by atoms with E-state index >= 15 is 0 Å². The number of aryl methyl sites for hydroxylation is 1. The third kappa shape index (κ3) is 2.92. The topological polar surface area (TPSA) is 45.1 Å². The minimum atomic E-state index is -0.0782. The standard InChI is InChI=1S/C11H18N2OS/c1-2-8-7-15-11(12-8)13-9-3-5-10(14)6-4-9/h7,9-10,14H,2-6H2,1H3,(H,12,13). The number of nitrogens with zero attached hydrogens (tertiary/aromatic N) is 1. The van der Waals surface area contributed by atoms with Crippen molar-refractivity contribution in [2.45, 2.75) is 51.2 Å². The summed E-state index contributed by atoms with van der Waals surface area (Å²) in [4.78, 5) is 4.49. The van der Waals surface area contributed by atoms with Crippen molar-refractivity contribution >= 4 is 16.5 Å². The zero-order valence-electron chi connectivity index (χ0n) is 9.07. The predicted octanol–water partition coefficient (Wildman–Crippen LogP) is 2.42. The number of aromatic nitrogens is 1. The minimum absolute atomic E-state index is 0.0782. The number of hydrogen-bond acceptors (Lipinski definition) is 4. The Kier molecular flexibility index (Phi) is 3.59. The molecule has 1 aromatic heterocycles. The van der Waals surface area contributed by atoms with E-state index in [-0.39, 0.29) is 6.10 Å². The summed E-state index contributed by atoms with van der Waals surface area (Å²) in [5.74, 6) is 0. The lowest BCUT2D eigenvalue weighted by Gasteiger charge is -2.25. The number of thiazole rings is 1. The Bertz CT molecular complexity index is 305. The molecule has 1 saturated carbocycles. The first-order valence-electron chi connectivity index (χ1n) is 5.67. The Hall–Kier alpha value is -0.610. The second-order valence-corrected chi connectivity index (χ2v) is 5.01. The maximum Gasteiger partial charge on any atom is 0.183 e. The van der Waals surface area contributed by atoms with Crippen molar-refractivity contribution in [3.63, 3.8) is 0 Å². The zero-order valence-corrected chi connectivity index (χ0v) is 9.89. The first-order valence-corrected chi connectivity index (χ1v) is 6.55. The molecule has 1 heterocycles. The molecule has 84 valence electrons. The summed E-state index contributed by atoms with van der Waals surface area (Å²) in [6.07, 6.45) is 4.88. The molecule has 1 aromatic rings. The molecule has 1 fully saturated rings. The maximum atomic E-state index is 9.39. The fraction of sp³-hybridized carbons (Fsp3) is 0.727. The highest BCUT2D eigenvalue weighted by Crippen LogP contribution is 2.24. The van der Waals surface area contributed by atoms with Crippen LogP contribution in [0.4, 0.5) is 5.13 Å². The highest BCUT2D eigenvalue weighted by molar-refractivity contribution is 7.13. The second-order valence-electron chi connectivity index (χ2n) is 4.15. The van der Waals surface area contributed by atoms with E-state index in [1.54, 1.807) is 11.3 Å². The molecule has 0 amide bonds. The number of aliphatic hydroxyl groups excluding tert-OH is 1. The summed E-state index contributed by atoms with van der Waals surface area (Å²) >= 11 is 1.68. The van der Waals surface area contributed by atoms with Crippen molar-refractivity contribution < 1.29 is 5.11 Å². The average Bonchev–Trinajstić information content (AvgIpc) is 2.69. The molecule has 15 heavy (non-hydrogen) atoms. The van der Waals surface area contributed by atoms with Gasteiger partial charge < -0.3 is 10.4 Å². The Morgan fingerprint density at radius 2 is 2.20 bits per heavy atom. The Morgan fingerprint density at radius 1 is 1.47 bits per heavy atom. The quantitative estimate of drug-likeness (QED) is 0.832. The van der Waals surface area contributed by atoms with E-state index in [9.17, 15) is 5.11 Å². The van der Waals surface area contributed by atoms with Crippen molar-refractivity contribution in [1.82, 2.24) is 4.98 Å². The highest BCUT2D eigenvalue weighted by atomic mass is 32.1. The van der Waals surface area contributed by atoms with Gasteiger partial charge in [0.15, 0.2) is 5.13 Å². The maximum absolute atomic E-state index is 9.39. The van der Waals surface area contributed by atoms with Gasteiger partial charge >= 0.3 is 0 Å². The van der Waals surface area contributed by atoms with Gasteiger partial charge in [0, 0.05) is 11.4 Å². The van der Waals surface area contributed by atoms with Gasteiger partial charge in [-0.2, -0.15) is 0 Å². The molecule has 0 atom stereocenters. The van der Waals surface area contributed by atoms with Crippen molar-refractivity contribution in [2.24, 2.45) is 0 Å². The molecule has 0 spiro atoms. The SMILES string of the molecule is CCc1csc(NC2CCC(O)CC2)n1. The smallest absolute Gasteiger partial charge is 0.183 e. The molecule has 4 heteroatoms.